The van der Waals surface area contributed by atoms with Gasteiger partial charge in [0.15, 0.2) is 0 Å². The fourth-order valence-electron chi connectivity index (χ4n) is 2.71. The van der Waals surface area contributed by atoms with E-state index in [1.54, 1.807) is 17.6 Å². The van der Waals surface area contributed by atoms with Gasteiger partial charge in [-0.1, -0.05) is 6.42 Å². The monoisotopic (exact) mass is 332 g/mol. The van der Waals surface area contributed by atoms with Crippen LogP contribution in [0.3, 0.4) is 0 Å². The Morgan fingerprint density at radius 2 is 2.04 bits per heavy atom. The lowest BCUT2D eigenvalue weighted by Gasteiger charge is -2.28. The largest absolute Gasteiger partial charge is 0.488 e. The Morgan fingerprint density at radius 1 is 1.30 bits per heavy atom. The minimum absolute atomic E-state index is 0.135. The molecule has 1 aromatic heterocycles. The Kier molecular flexibility index (Phi) is 4.93. The lowest BCUT2D eigenvalue weighted by Crippen LogP contribution is -2.34. The lowest BCUT2D eigenvalue weighted by atomic mass is 9.95. The van der Waals surface area contributed by atoms with E-state index in [2.05, 4.69) is 10.3 Å². The summed E-state index contributed by atoms with van der Waals surface area (Å²) in [6, 6.07) is 7.24. The molecule has 0 saturated heterocycles. The quantitative estimate of drug-likeness (QED) is 0.900. The van der Waals surface area contributed by atoms with Gasteiger partial charge in [0.1, 0.15) is 16.7 Å². The van der Waals surface area contributed by atoms with Crippen molar-refractivity contribution in [3.63, 3.8) is 0 Å². The Bertz CT molecular complexity index is 669. The second-order valence-electron chi connectivity index (χ2n) is 5.75. The topological polar surface area (TPSA) is 71.5 Å². The van der Waals surface area contributed by atoms with Gasteiger partial charge in [-0.05, 0) is 50.5 Å². The summed E-state index contributed by atoms with van der Waals surface area (Å²) >= 11 is 1.33. The maximum absolute atomic E-state index is 12.1. The highest BCUT2D eigenvalue weighted by atomic mass is 32.1. The van der Waals surface area contributed by atoms with E-state index in [0.717, 1.165) is 31.4 Å². The number of aryl methyl sites for hydroxylation is 1. The van der Waals surface area contributed by atoms with Crippen LogP contribution in [0.5, 0.6) is 5.75 Å². The van der Waals surface area contributed by atoms with Gasteiger partial charge >= 0.3 is 0 Å². The van der Waals surface area contributed by atoms with Crippen LogP contribution >= 0.6 is 11.3 Å². The average molecular weight is 332 g/mol. The Morgan fingerprint density at radius 3 is 2.70 bits per heavy atom. The highest BCUT2D eigenvalue weighted by Gasteiger charge is 2.24. The van der Waals surface area contributed by atoms with Crippen molar-refractivity contribution in [1.82, 2.24) is 4.98 Å². The van der Waals surface area contributed by atoms with E-state index in [9.17, 15) is 9.90 Å². The molecule has 122 valence electrons. The average Bonchev–Trinajstić information content (AvgIpc) is 2.98. The SMILES string of the molecule is Cc1ncsc1C(=O)Nc1ccc(O[C@@H]2CCCC[C@H]2O)cc1. The number of thiazole rings is 1. The highest BCUT2D eigenvalue weighted by molar-refractivity contribution is 7.12. The summed E-state index contributed by atoms with van der Waals surface area (Å²) in [6.07, 6.45) is 3.30. The highest BCUT2D eigenvalue weighted by Crippen LogP contribution is 2.25. The van der Waals surface area contributed by atoms with Crippen LogP contribution < -0.4 is 10.1 Å². The molecular formula is C17H20N2O3S. The first-order valence-corrected chi connectivity index (χ1v) is 8.67. The van der Waals surface area contributed by atoms with Crippen molar-refractivity contribution in [2.24, 2.45) is 0 Å². The standard InChI is InChI=1S/C17H20N2O3S/c1-11-16(23-10-18-11)17(21)19-12-6-8-13(9-7-12)22-15-5-3-2-4-14(15)20/h6-10,14-15,20H,2-5H2,1H3,(H,19,21)/t14-,15-/m1/s1. The van der Waals surface area contributed by atoms with Gasteiger partial charge in [-0.2, -0.15) is 0 Å². The van der Waals surface area contributed by atoms with Crippen molar-refractivity contribution in [3.05, 3.63) is 40.3 Å². The van der Waals surface area contributed by atoms with Crippen LogP contribution in [-0.2, 0) is 0 Å². The third-order valence-corrected chi connectivity index (χ3v) is 4.95. The third-order valence-electron chi connectivity index (χ3n) is 4.02. The summed E-state index contributed by atoms with van der Waals surface area (Å²) in [5.74, 6) is 0.560. The minimum Gasteiger partial charge on any atom is -0.488 e. The minimum atomic E-state index is -0.391. The molecule has 1 amide bonds. The van der Waals surface area contributed by atoms with Gasteiger partial charge in [0.05, 0.1) is 17.3 Å². The Balaban J connectivity index is 1.61. The Hall–Kier alpha value is -1.92. The molecule has 1 aromatic carbocycles. The van der Waals surface area contributed by atoms with Crippen LogP contribution in [0.2, 0.25) is 0 Å². The van der Waals surface area contributed by atoms with Gasteiger partial charge in [-0.25, -0.2) is 4.98 Å². The van der Waals surface area contributed by atoms with Gasteiger partial charge in [0.25, 0.3) is 5.91 Å². The molecule has 23 heavy (non-hydrogen) atoms. The van der Waals surface area contributed by atoms with E-state index >= 15 is 0 Å². The number of aliphatic hydroxyl groups excluding tert-OH is 1. The normalized spacial score (nSPS) is 21.0. The number of nitrogens with one attached hydrogen (secondary N) is 1. The summed E-state index contributed by atoms with van der Waals surface area (Å²) in [5.41, 5.74) is 3.11. The Labute approximate surface area is 139 Å². The van der Waals surface area contributed by atoms with Gasteiger partial charge in [0, 0.05) is 5.69 Å². The molecular weight excluding hydrogens is 312 g/mol. The molecule has 1 fully saturated rings. The number of benzene rings is 1. The predicted molar refractivity (Wildman–Crippen MR) is 90.1 cm³/mol. The maximum Gasteiger partial charge on any atom is 0.267 e. The molecule has 1 saturated carbocycles. The summed E-state index contributed by atoms with van der Waals surface area (Å²) in [5, 5.41) is 12.8. The lowest BCUT2D eigenvalue weighted by molar-refractivity contribution is 0.00688. The number of nitrogens with zero attached hydrogens (tertiary/aromatic N) is 1. The number of aromatic nitrogens is 1. The summed E-state index contributed by atoms with van der Waals surface area (Å²) < 4.78 is 5.85. The molecule has 0 bridgehead atoms. The predicted octanol–water partition coefficient (Wildman–Crippen LogP) is 3.39. The molecule has 1 heterocycles. The zero-order chi connectivity index (χ0) is 16.2. The number of carbonyl (C=O) groups excluding carboxylic acids is 1. The summed E-state index contributed by atoms with van der Waals surface area (Å²) in [4.78, 5) is 16.8. The first-order chi connectivity index (χ1) is 11.1. The van der Waals surface area contributed by atoms with Crippen LogP contribution in [0.15, 0.2) is 29.8 Å². The van der Waals surface area contributed by atoms with Gasteiger partial charge in [-0.15, -0.1) is 11.3 Å². The molecule has 0 radical (unpaired) electrons. The zero-order valence-electron chi connectivity index (χ0n) is 13.0. The van der Waals surface area contributed by atoms with Crippen LogP contribution in [-0.4, -0.2) is 28.2 Å². The van der Waals surface area contributed by atoms with Crippen molar-refractivity contribution in [3.8, 4) is 5.75 Å². The number of rotatable bonds is 4. The smallest absolute Gasteiger partial charge is 0.267 e. The number of anilines is 1. The molecule has 1 aliphatic rings. The van der Waals surface area contributed by atoms with Crippen molar-refractivity contribution < 1.29 is 14.6 Å². The molecule has 0 unspecified atom stereocenters. The van der Waals surface area contributed by atoms with E-state index in [1.165, 1.54) is 11.3 Å². The fourth-order valence-corrected chi connectivity index (χ4v) is 3.41. The van der Waals surface area contributed by atoms with Crippen LogP contribution in [0, 0.1) is 6.92 Å². The molecule has 2 atom stereocenters. The van der Waals surface area contributed by atoms with Gasteiger partial charge < -0.3 is 15.2 Å². The number of hydrogen-bond acceptors (Lipinski definition) is 5. The molecule has 2 N–H and O–H groups in total. The third kappa shape index (κ3) is 3.89. The van der Waals surface area contributed by atoms with Gasteiger partial charge in [0.2, 0.25) is 0 Å². The van der Waals surface area contributed by atoms with E-state index in [1.807, 2.05) is 19.1 Å². The molecule has 1 aliphatic carbocycles. The molecule has 3 rings (SSSR count). The molecule has 6 heteroatoms. The van der Waals surface area contributed by atoms with E-state index in [-0.39, 0.29) is 12.0 Å². The molecule has 0 spiro atoms. The maximum atomic E-state index is 12.1. The molecule has 0 aliphatic heterocycles. The zero-order valence-corrected chi connectivity index (χ0v) is 13.8. The fraction of sp³-hybridized carbons (Fsp3) is 0.412. The van der Waals surface area contributed by atoms with Crippen molar-refractivity contribution in [2.75, 3.05) is 5.32 Å². The second-order valence-corrected chi connectivity index (χ2v) is 6.61. The molecule has 2 aromatic rings. The van der Waals surface area contributed by atoms with Gasteiger partial charge in [-0.3, -0.25) is 4.79 Å². The first kappa shape index (κ1) is 16.0. The summed E-state index contributed by atoms with van der Waals surface area (Å²) in [6.45, 7) is 1.82. The second kappa shape index (κ2) is 7.10. The number of aliphatic hydroxyl groups is 1. The van der Waals surface area contributed by atoms with Crippen LogP contribution in [0.4, 0.5) is 5.69 Å². The number of hydrogen-bond donors (Lipinski definition) is 2. The van der Waals surface area contributed by atoms with E-state index in [4.69, 9.17) is 4.74 Å². The van der Waals surface area contributed by atoms with E-state index in [0.29, 0.717) is 16.3 Å². The number of carbonyl (C=O) groups is 1. The molecule has 5 nitrogen and oxygen atoms in total. The van der Waals surface area contributed by atoms with Crippen molar-refractivity contribution in [2.45, 2.75) is 44.8 Å². The number of ether oxygens (including phenoxy) is 1. The first-order valence-electron chi connectivity index (χ1n) is 7.79. The van der Waals surface area contributed by atoms with Crippen LogP contribution in [0.1, 0.15) is 41.0 Å². The summed E-state index contributed by atoms with van der Waals surface area (Å²) in [7, 11) is 0. The van der Waals surface area contributed by atoms with Crippen molar-refractivity contribution >= 4 is 22.9 Å². The number of amides is 1. The van der Waals surface area contributed by atoms with Crippen molar-refractivity contribution in [1.29, 1.82) is 0 Å². The van der Waals surface area contributed by atoms with E-state index < -0.39 is 6.10 Å². The van der Waals surface area contributed by atoms with Crippen LogP contribution in [0.25, 0.3) is 0 Å².